The highest BCUT2D eigenvalue weighted by molar-refractivity contribution is 6.03. The van der Waals surface area contributed by atoms with E-state index in [-0.39, 0.29) is 11.4 Å². The molecule has 0 aromatic carbocycles. The highest BCUT2D eigenvalue weighted by atomic mass is 16.3. The zero-order valence-corrected chi connectivity index (χ0v) is 9.51. The van der Waals surface area contributed by atoms with Gasteiger partial charge in [-0.25, -0.2) is 9.97 Å². The number of pyridine rings is 1. The van der Waals surface area contributed by atoms with Gasteiger partial charge in [0.15, 0.2) is 12.1 Å². The maximum absolute atomic E-state index is 11.8. The van der Waals surface area contributed by atoms with E-state index in [2.05, 4.69) is 15.3 Å². The smallest absolute Gasteiger partial charge is 0.277 e. The molecule has 0 aliphatic rings. The molecule has 92 valence electrons. The summed E-state index contributed by atoms with van der Waals surface area (Å²) in [4.78, 5) is 30.2. The van der Waals surface area contributed by atoms with Crippen molar-refractivity contribution in [2.75, 3.05) is 5.32 Å². The molecule has 0 saturated carbocycles. The van der Waals surface area contributed by atoms with Gasteiger partial charge in [0.05, 0.1) is 11.9 Å². The van der Waals surface area contributed by atoms with Crippen molar-refractivity contribution in [3.8, 4) is 0 Å². The maximum atomic E-state index is 11.8. The van der Waals surface area contributed by atoms with E-state index in [1.165, 1.54) is 24.7 Å². The average molecular weight is 246 g/mol. The number of nitrogens with two attached hydrogens (primary N) is 1. The Morgan fingerprint density at radius 1 is 1.33 bits per heavy atom. The van der Waals surface area contributed by atoms with Crippen molar-refractivity contribution in [1.82, 2.24) is 9.97 Å². The number of hydrogen-bond acceptors (Lipinski definition) is 5. The van der Waals surface area contributed by atoms with Gasteiger partial charge in [-0.15, -0.1) is 0 Å². The molecule has 2 aromatic rings. The van der Waals surface area contributed by atoms with Gasteiger partial charge in [-0.05, 0) is 19.1 Å². The monoisotopic (exact) mass is 246 g/mol. The Balaban J connectivity index is 2.13. The lowest BCUT2D eigenvalue weighted by atomic mass is 10.3. The van der Waals surface area contributed by atoms with Gasteiger partial charge in [0.2, 0.25) is 0 Å². The fourth-order valence-corrected chi connectivity index (χ4v) is 1.33. The van der Waals surface area contributed by atoms with Crippen LogP contribution in [0.3, 0.4) is 0 Å². The van der Waals surface area contributed by atoms with E-state index in [1.54, 1.807) is 6.92 Å². The first-order valence-electron chi connectivity index (χ1n) is 5.05. The van der Waals surface area contributed by atoms with E-state index in [0.717, 1.165) is 0 Å². The summed E-state index contributed by atoms with van der Waals surface area (Å²) in [5, 5.41) is 2.58. The van der Waals surface area contributed by atoms with Gasteiger partial charge in [0.25, 0.3) is 11.8 Å². The number of rotatable bonds is 3. The summed E-state index contributed by atoms with van der Waals surface area (Å²) in [6.45, 7) is 1.64. The van der Waals surface area contributed by atoms with E-state index in [4.69, 9.17) is 10.2 Å². The van der Waals surface area contributed by atoms with Crippen LogP contribution in [0.2, 0.25) is 0 Å². The van der Waals surface area contributed by atoms with E-state index in [0.29, 0.717) is 11.4 Å². The number of primary amides is 1. The number of nitrogens with one attached hydrogen (secondary N) is 1. The second kappa shape index (κ2) is 4.66. The number of carbonyl (C=O) groups is 2. The van der Waals surface area contributed by atoms with Crippen molar-refractivity contribution in [2.24, 2.45) is 5.73 Å². The SMILES string of the molecule is Cc1ocnc1C(=O)Nc1ccc(C(N)=O)nc1. The molecule has 0 aliphatic carbocycles. The molecular formula is C11H10N4O3. The minimum atomic E-state index is -0.625. The first-order valence-corrected chi connectivity index (χ1v) is 5.05. The topological polar surface area (TPSA) is 111 Å². The minimum absolute atomic E-state index is 0.130. The number of nitrogens with zero attached hydrogens (tertiary/aromatic N) is 2. The summed E-state index contributed by atoms with van der Waals surface area (Å²) in [6.07, 6.45) is 2.53. The standard InChI is InChI=1S/C11H10N4O3/c1-6-9(14-5-18-6)11(17)15-7-2-3-8(10(12)16)13-4-7/h2-5H,1H3,(H2,12,16)(H,15,17). The third-order valence-corrected chi connectivity index (χ3v) is 2.23. The zero-order valence-electron chi connectivity index (χ0n) is 9.51. The van der Waals surface area contributed by atoms with Crippen LogP contribution < -0.4 is 11.1 Å². The molecule has 0 bridgehead atoms. The molecule has 0 saturated heterocycles. The molecule has 7 nitrogen and oxygen atoms in total. The number of aromatic nitrogens is 2. The summed E-state index contributed by atoms with van der Waals surface area (Å²) in [5.74, 6) is -0.607. The molecule has 0 spiro atoms. The Hall–Kier alpha value is -2.70. The first kappa shape index (κ1) is 11.8. The highest BCUT2D eigenvalue weighted by Gasteiger charge is 2.13. The van der Waals surface area contributed by atoms with Crippen LogP contribution in [-0.4, -0.2) is 21.8 Å². The molecule has 0 fully saturated rings. The molecule has 7 heteroatoms. The molecule has 2 aromatic heterocycles. The van der Waals surface area contributed by atoms with Crippen molar-refractivity contribution < 1.29 is 14.0 Å². The molecular weight excluding hydrogens is 236 g/mol. The summed E-state index contributed by atoms with van der Waals surface area (Å²) < 4.78 is 4.93. The lowest BCUT2D eigenvalue weighted by Gasteiger charge is -2.03. The Bertz CT molecular complexity index is 589. The van der Waals surface area contributed by atoms with Crippen molar-refractivity contribution >= 4 is 17.5 Å². The second-order valence-corrected chi connectivity index (χ2v) is 3.51. The normalized spacial score (nSPS) is 10.1. The van der Waals surface area contributed by atoms with Gasteiger partial charge >= 0.3 is 0 Å². The Morgan fingerprint density at radius 2 is 2.11 bits per heavy atom. The first-order chi connectivity index (χ1) is 8.58. The number of anilines is 1. The molecule has 2 rings (SSSR count). The van der Waals surface area contributed by atoms with Crippen LogP contribution in [0.4, 0.5) is 5.69 Å². The van der Waals surface area contributed by atoms with Crippen molar-refractivity contribution in [2.45, 2.75) is 6.92 Å². The molecule has 0 unspecified atom stereocenters. The maximum Gasteiger partial charge on any atom is 0.277 e. The van der Waals surface area contributed by atoms with Crippen LogP contribution in [0.1, 0.15) is 26.7 Å². The number of amides is 2. The molecule has 0 atom stereocenters. The summed E-state index contributed by atoms with van der Waals surface area (Å²) in [6, 6.07) is 2.95. The number of oxazole rings is 1. The Kier molecular flexibility index (Phi) is 3.05. The fourth-order valence-electron chi connectivity index (χ4n) is 1.33. The van der Waals surface area contributed by atoms with Gasteiger partial charge in [0.1, 0.15) is 11.5 Å². The predicted molar refractivity (Wildman–Crippen MR) is 61.9 cm³/mol. The fraction of sp³-hybridized carbons (Fsp3) is 0.0909. The molecule has 3 N–H and O–H groups in total. The van der Waals surface area contributed by atoms with Crippen LogP contribution in [0.15, 0.2) is 29.1 Å². The van der Waals surface area contributed by atoms with Gasteiger partial charge in [-0.2, -0.15) is 0 Å². The van der Waals surface area contributed by atoms with Crippen molar-refractivity contribution in [3.05, 3.63) is 41.9 Å². The van der Waals surface area contributed by atoms with E-state index < -0.39 is 11.8 Å². The number of hydrogen-bond donors (Lipinski definition) is 2. The molecule has 2 heterocycles. The van der Waals surface area contributed by atoms with Crippen molar-refractivity contribution in [1.29, 1.82) is 0 Å². The van der Waals surface area contributed by atoms with Gasteiger partial charge in [-0.1, -0.05) is 0 Å². The Morgan fingerprint density at radius 3 is 2.61 bits per heavy atom. The molecule has 0 aliphatic heterocycles. The summed E-state index contributed by atoms with van der Waals surface area (Å²) >= 11 is 0. The number of carbonyl (C=O) groups excluding carboxylic acids is 2. The second-order valence-electron chi connectivity index (χ2n) is 3.51. The van der Waals surface area contributed by atoms with Crippen LogP contribution in [0, 0.1) is 6.92 Å². The van der Waals surface area contributed by atoms with Gasteiger partial charge < -0.3 is 15.5 Å². The highest BCUT2D eigenvalue weighted by Crippen LogP contribution is 2.10. The van der Waals surface area contributed by atoms with Crippen LogP contribution in [0.25, 0.3) is 0 Å². The third-order valence-electron chi connectivity index (χ3n) is 2.23. The Labute approximate surface area is 102 Å². The molecule has 18 heavy (non-hydrogen) atoms. The number of aryl methyl sites for hydroxylation is 1. The lowest BCUT2D eigenvalue weighted by molar-refractivity contribution is 0.0993. The predicted octanol–water partition coefficient (Wildman–Crippen LogP) is 0.729. The average Bonchev–Trinajstić information content (AvgIpc) is 2.76. The lowest BCUT2D eigenvalue weighted by Crippen LogP contribution is -2.15. The van der Waals surface area contributed by atoms with E-state index in [9.17, 15) is 9.59 Å². The summed E-state index contributed by atoms with van der Waals surface area (Å²) in [5.41, 5.74) is 5.82. The largest absolute Gasteiger partial charge is 0.448 e. The van der Waals surface area contributed by atoms with Crippen LogP contribution in [0.5, 0.6) is 0 Å². The molecule has 2 amide bonds. The van der Waals surface area contributed by atoms with Crippen molar-refractivity contribution in [3.63, 3.8) is 0 Å². The minimum Gasteiger partial charge on any atom is -0.448 e. The van der Waals surface area contributed by atoms with E-state index >= 15 is 0 Å². The quantitative estimate of drug-likeness (QED) is 0.829. The third kappa shape index (κ3) is 2.34. The summed E-state index contributed by atoms with van der Waals surface area (Å²) in [7, 11) is 0. The van der Waals surface area contributed by atoms with Crippen LogP contribution in [-0.2, 0) is 0 Å². The van der Waals surface area contributed by atoms with E-state index in [1.807, 2.05) is 0 Å². The van der Waals surface area contributed by atoms with Gasteiger partial charge in [0, 0.05) is 0 Å². The molecule has 0 radical (unpaired) electrons. The zero-order chi connectivity index (χ0) is 13.1. The van der Waals surface area contributed by atoms with Gasteiger partial charge in [-0.3, -0.25) is 9.59 Å². The van der Waals surface area contributed by atoms with Crippen LogP contribution >= 0.6 is 0 Å².